The average Bonchev–Trinajstić information content (AvgIpc) is 2.62. The molecule has 2 aliphatic rings. The van der Waals surface area contributed by atoms with Crippen molar-refractivity contribution < 1.29 is 18.9 Å². The third kappa shape index (κ3) is 3.19. The quantitative estimate of drug-likeness (QED) is 0.795. The molecule has 2 aliphatic heterocycles. The molecule has 4 nitrogen and oxygen atoms in total. The smallest absolute Gasteiger partial charge is 0.163 e. The summed E-state index contributed by atoms with van der Waals surface area (Å²) in [6, 6.07) is 0. The van der Waals surface area contributed by atoms with Crippen molar-refractivity contribution in [3.8, 4) is 0 Å². The van der Waals surface area contributed by atoms with Gasteiger partial charge in [0.1, 0.15) is 6.10 Å². The Morgan fingerprint density at radius 3 is 2.15 bits per heavy atom. The normalized spacial score (nSPS) is 40.4. The van der Waals surface area contributed by atoms with Crippen LogP contribution in [0.3, 0.4) is 0 Å². The van der Waals surface area contributed by atoms with Crippen molar-refractivity contribution in [2.75, 3.05) is 7.11 Å². The first-order valence-corrected chi connectivity index (χ1v) is 7.79. The molecule has 4 heteroatoms. The van der Waals surface area contributed by atoms with E-state index in [4.69, 9.17) is 18.9 Å². The molecule has 0 radical (unpaired) electrons. The molecule has 0 amide bonds. The van der Waals surface area contributed by atoms with Gasteiger partial charge < -0.3 is 18.9 Å². The van der Waals surface area contributed by atoms with Crippen LogP contribution in [-0.2, 0) is 18.9 Å². The van der Waals surface area contributed by atoms with Crippen molar-refractivity contribution in [1.82, 2.24) is 0 Å². The third-order valence-electron chi connectivity index (χ3n) is 4.24. The third-order valence-corrected chi connectivity index (χ3v) is 4.24. The van der Waals surface area contributed by atoms with Crippen LogP contribution in [-0.4, -0.2) is 37.5 Å². The van der Waals surface area contributed by atoms with Gasteiger partial charge in [0, 0.05) is 13.0 Å². The van der Waals surface area contributed by atoms with E-state index in [1.807, 2.05) is 13.8 Å². The van der Waals surface area contributed by atoms with Gasteiger partial charge in [0.25, 0.3) is 0 Å². The van der Waals surface area contributed by atoms with Gasteiger partial charge in [-0.1, -0.05) is 27.7 Å². The second-order valence-electron chi connectivity index (χ2n) is 7.29. The number of hydrogen-bond donors (Lipinski definition) is 0. The summed E-state index contributed by atoms with van der Waals surface area (Å²) in [7, 11) is 1.72. The molecule has 0 N–H and O–H groups in total. The number of rotatable bonds is 4. The van der Waals surface area contributed by atoms with Crippen LogP contribution in [0.25, 0.3) is 0 Å². The Hall–Kier alpha value is -0.160. The summed E-state index contributed by atoms with van der Waals surface area (Å²) in [5, 5.41) is 0. The highest BCUT2D eigenvalue weighted by Crippen LogP contribution is 2.44. The van der Waals surface area contributed by atoms with Gasteiger partial charge in [-0.25, -0.2) is 0 Å². The van der Waals surface area contributed by atoms with Crippen molar-refractivity contribution in [3.05, 3.63) is 0 Å². The monoisotopic (exact) mass is 286 g/mol. The van der Waals surface area contributed by atoms with E-state index in [1.165, 1.54) is 0 Å². The minimum Gasteiger partial charge on any atom is -0.355 e. The molecule has 0 saturated carbocycles. The maximum atomic E-state index is 6.20. The molecule has 0 unspecified atom stereocenters. The summed E-state index contributed by atoms with van der Waals surface area (Å²) in [4.78, 5) is 0. The first-order chi connectivity index (χ1) is 9.25. The lowest BCUT2D eigenvalue weighted by Gasteiger charge is -2.44. The Morgan fingerprint density at radius 2 is 1.65 bits per heavy atom. The molecule has 2 rings (SSSR count). The van der Waals surface area contributed by atoms with Gasteiger partial charge in [0.05, 0.1) is 12.2 Å². The highest BCUT2D eigenvalue weighted by atomic mass is 16.8. The Kier molecular flexibility index (Phi) is 4.80. The van der Waals surface area contributed by atoms with Crippen LogP contribution in [0.15, 0.2) is 0 Å². The summed E-state index contributed by atoms with van der Waals surface area (Å²) in [5.74, 6) is 0.644. The maximum absolute atomic E-state index is 6.20. The first kappa shape index (κ1) is 16.2. The van der Waals surface area contributed by atoms with Crippen molar-refractivity contribution in [3.63, 3.8) is 0 Å². The number of methoxy groups -OCH3 is 1. The minimum absolute atomic E-state index is 0.00574. The van der Waals surface area contributed by atoms with Gasteiger partial charge in [-0.15, -0.1) is 0 Å². The van der Waals surface area contributed by atoms with Gasteiger partial charge >= 0.3 is 0 Å². The van der Waals surface area contributed by atoms with Crippen LogP contribution in [0.4, 0.5) is 0 Å². The zero-order valence-electron chi connectivity index (χ0n) is 13.9. The summed E-state index contributed by atoms with van der Waals surface area (Å²) in [6.45, 7) is 12.8. The molecule has 2 fully saturated rings. The number of hydrogen-bond acceptors (Lipinski definition) is 4. The lowest BCUT2D eigenvalue weighted by Crippen LogP contribution is -2.55. The van der Waals surface area contributed by atoms with Crippen LogP contribution in [0.2, 0.25) is 0 Å². The fraction of sp³-hybridized carbons (Fsp3) is 1.00. The van der Waals surface area contributed by atoms with Gasteiger partial charge in [0.15, 0.2) is 12.1 Å². The van der Waals surface area contributed by atoms with Crippen LogP contribution in [0.1, 0.15) is 48.0 Å². The van der Waals surface area contributed by atoms with Crippen LogP contribution >= 0.6 is 0 Å². The van der Waals surface area contributed by atoms with E-state index in [2.05, 4.69) is 27.7 Å². The van der Waals surface area contributed by atoms with E-state index in [0.717, 1.165) is 6.42 Å². The second kappa shape index (κ2) is 5.91. The van der Waals surface area contributed by atoms with Gasteiger partial charge in [0.2, 0.25) is 0 Å². The highest BCUT2D eigenvalue weighted by molar-refractivity contribution is 4.97. The van der Waals surface area contributed by atoms with Gasteiger partial charge in [-0.3, -0.25) is 0 Å². The summed E-state index contributed by atoms with van der Waals surface area (Å²) < 4.78 is 24.1. The predicted octanol–water partition coefficient (Wildman–Crippen LogP) is 3.20. The fourth-order valence-electron chi connectivity index (χ4n) is 3.46. The molecular formula is C16H30O4. The molecule has 118 valence electrons. The van der Waals surface area contributed by atoms with Crippen molar-refractivity contribution >= 4 is 0 Å². The van der Waals surface area contributed by atoms with Crippen LogP contribution in [0, 0.1) is 17.8 Å². The van der Waals surface area contributed by atoms with Crippen molar-refractivity contribution in [2.45, 2.75) is 78.4 Å². The molecular weight excluding hydrogens is 256 g/mol. The lowest BCUT2D eigenvalue weighted by atomic mass is 9.81. The van der Waals surface area contributed by atoms with Gasteiger partial charge in [-0.05, 0) is 32.1 Å². The fourth-order valence-corrected chi connectivity index (χ4v) is 3.46. The largest absolute Gasteiger partial charge is 0.355 e. The summed E-state index contributed by atoms with van der Waals surface area (Å²) in [5.41, 5.74) is 0. The molecule has 2 heterocycles. The molecule has 20 heavy (non-hydrogen) atoms. The molecule has 5 atom stereocenters. The molecule has 0 aromatic carbocycles. The van der Waals surface area contributed by atoms with Crippen LogP contribution < -0.4 is 0 Å². The van der Waals surface area contributed by atoms with Crippen molar-refractivity contribution in [2.24, 2.45) is 17.8 Å². The average molecular weight is 286 g/mol. The van der Waals surface area contributed by atoms with Crippen molar-refractivity contribution in [1.29, 1.82) is 0 Å². The number of ether oxygens (including phenoxy) is 4. The predicted molar refractivity (Wildman–Crippen MR) is 77.3 cm³/mol. The van der Waals surface area contributed by atoms with Gasteiger partial charge in [-0.2, -0.15) is 0 Å². The topological polar surface area (TPSA) is 36.9 Å². The molecule has 0 aliphatic carbocycles. The Labute approximate surface area is 123 Å². The number of fused-ring (bicyclic) bond motifs is 1. The zero-order chi connectivity index (χ0) is 15.1. The Morgan fingerprint density at radius 1 is 1.05 bits per heavy atom. The summed E-state index contributed by atoms with van der Waals surface area (Å²) >= 11 is 0. The first-order valence-electron chi connectivity index (χ1n) is 7.79. The van der Waals surface area contributed by atoms with E-state index in [-0.39, 0.29) is 30.5 Å². The molecule has 0 aromatic rings. The van der Waals surface area contributed by atoms with E-state index >= 15 is 0 Å². The van der Waals surface area contributed by atoms with E-state index in [1.54, 1.807) is 7.11 Å². The Balaban J connectivity index is 2.25. The lowest BCUT2D eigenvalue weighted by molar-refractivity contribution is -0.261. The van der Waals surface area contributed by atoms with E-state index < -0.39 is 5.79 Å². The SMILES string of the molecule is CO[C@H]1O[C@H](CC(C)C)[C@@H]2OC(C)(C)O[C@@H]2[C@H]1C(C)C. The molecule has 0 aromatic heterocycles. The standard InChI is InChI=1S/C16H30O4/c1-9(2)8-11-13-14(20-16(5,6)19-13)12(10(3)4)15(17-7)18-11/h9-15H,8H2,1-7H3/t11-,12-,13+,14-,15+/m1/s1. The zero-order valence-corrected chi connectivity index (χ0v) is 13.9. The summed E-state index contributed by atoms with van der Waals surface area (Å²) in [6.07, 6.45) is 0.850. The van der Waals surface area contributed by atoms with E-state index in [9.17, 15) is 0 Å². The molecule has 0 bridgehead atoms. The Bertz CT molecular complexity index is 326. The molecule has 0 spiro atoms. The second-order valence-corrected chi connectivity index (χ2v) is 7.29. The van der Waals surface area contributed by atoms with Crippen LogP contribution in [0.5, 0.6) is 0 Å². The maximum Gasteiger partial charge on any atom is 0.163 e. The molecule has 2 saturated heterocycles. The van der Waals surface area contributed by atoms with E-state index in [0.29, 0.717) is 11.8 Å². The highest BCUT2D eigenvalue weighted by Gasteiger charge is 2.55. The minimum atomic E-state index is -0.538.